The molecular weight excluding hydrogens is 252 g/mol. The van der Waals surface area contributed by atoms with Crippen molar-refractivity contribution >= 4 is 0 Å². The quantitative estimate of drug-likeness (QED) is 0.829. The second-order valence-electron chi connectivity index (χ2n) is 5.84. The number of aliphatic hydroxyl groups is 1. The molecular formula is C16H26N2O2. The second-order valence-corrected chi connectivity index (χ2v) is 5.84. The monoisotopic (exact) mass is 278 g/mol. The zero-order valence-electron chi connectivity index (χ0n) is 12.7. The van der Waals surface area contributed by atoms with Crippen LogP contribution in [0.2, 0.25) is 0 Å². The molecule has 0 saturated carbocycles. The van der Waals surface area contributed by atoms with Crippen molar-refractivity contribution in [3.8, 4) is 5.75 Å². The van der Waals surface area contributed by atoms with E-state index in [1.165, 1.54) is 13.0 Å². The SMILES string of the molecule is COc1ccc(C)cc1C(O)CNCC1CCN(C)C1. The van der Waals surface area contributed by atoms with Gasteiger partial charge in [-0.2, -0.15) is 0 Å². The van der Waals surface area contributed by atoms with E-state index in [4.69, 9.17) is 4.74 Å². The molecule has 4 heteroatoms. The van der Waals surface area contributed by atoms with E-state index >= 15 is 0 Å². The number of aryl methyl sites for hydroxylation is 1. The summed E-state index contributed by atoms with van der Waals surface area (Å²) in [5, 5.41) is 13.7. The van der Waals surface area contributed by atoms with Gasteiger partial charge in [0, 0.05) is 18.7 Å². The van der Waals surface area contributed by atoms with Gasteiger partial charge in [0.05, 0.1) is 13.2 Å². The summed E-state index contributed by atoms with van der Waals surface area (Å²) in [5.74, 6) is 1.46. The molecule has 1 aliphatic heterocycles. The summed E-state index contributed by atoms with van der Waals surface area (Å²) in [7, 11) is 3.80. The van der Waals surface area contributed by atoms with E-state index in [0.29, 0.717) is 12.5 Å². The third-order valence-electron chi connectivity index (χ3n) is 4.00. The molecule has 1 aromatic rings. The predicted octanol–water partition coefficient (Wildman–Crippen LogP) is 1.58. The minimum atomic E-state index is -0.524. The van der Waals surface area contributed by atoms with Gasteiger partial charge in [0.15, 0.2) is 0 Å². The van der Waals surface area contributed by atoms with Crippen LogP contribution in [0.1, 0.15) is 23.7 Å². The van der Waals surface area contributed by atoms with Crippen LogP contribution in [0, 0.1) is 12.8 Å². The minimum Gasteiger partial charge on any atom is -0.496 e. The van der Waals surface area contributed by atoms with Crippen LogP contribution in [0.5, 0.6) is 5.75 Å². The van der Waals surface area contributed by atoms with Gasteiger partial charge in [0.1, 0.15) is 5.75 Å². The van der Waals surface area contributed by atoms with Gasteiger partial charge in [0.2, 0.25) is 0 Å². The van der Waals surface area contributed by atoms with Gasteiger partial charge in [0.25, 0.3) is 0 Å². The highest BCUT2D eigenvalue weighted by Crippen LogP contribution is 2.26. The molecule has 2 atom stereocenters. The molecule has 2 unspecified atom stereocenters. The Morgan fingerprint density at radius 1 is 1.50 bits per heavy atom. The van der Waals surface area contributed by atoms with Crippen molar-refractivity contribution in [3.63, 3.8) is 0 Å². The predicted molar refractivity (Wildman–Crippen MR) is 81.2 cm³/mol. The fraction of sp³-hybridized carbons (Fsp3) is 0.625. The number of aliphatic hydroxyl groups excluding tert-OH is 1. The number of likely N-dealkylation sites (tertiary alicyclic amines) is 1. The molecule has 1 heterocycles. The van der Waals surface area contributed by atoms with Crippen molar-refractivity contribution < 1.29 is 9.84 Å². The van der Waals surface area contributed by atoms with Crippen molar-refractivity contribution in [2.75, 3.05) is 40.3 Å². The lowest BCUT2D eigenvalue weighted by Crippen LogP contribution is -2.28. The fourth-order valence-corrected chi connectivity index (χ4v) is 2.84. The van der Waals surface area contributed by atoms with E-state index in [9.17, 15) is 5.11 Å². The number of methoxy groups -OCH3 is 1. The smallest absolute Gasteiger partial charge is 0.124 e. The normalized spacial score (nSPS) is 21.1. The minimum absolute atomic E-state index is 0.524. The highest BCUT2D eigenvalue weighted by Gasteiger charge is 2.19. The molecule has 2 rings (SSSR count). The number of nitrogens with zero attached hydrogens (tertiary/aromatic N) is 1. The first-order valence-electron chi connectivity index (χ1n) is 7.32. The van der Waals surface area contributed by atoms with Crippen molar-refractivity contribution in [2.24, 2.45) is 5.92 Å². The molecule has 4 nitrogen and oxygen atoms in total. The van der Waals surface area contributed by atoms with E-state index < -0.39 is 6.10 Å². The molecule has 1 fully saturated rings. The van der Waals surface area contributed by atoms with E-state index in [2.05, 4.69) is 17.3 Å². The largest absolute Gasteiger partial charge is 0.496 e. The van der Waals surface area contributed by atoms with E-state index in [1.807, 2.05) is 25.1 Å². The van der Waals surface area contributed by atoms with Crippen LogP contribution in [0.15, 0.2) is 18.2 Å². The van der Waals surface area contributed by atoms with Gasteiger partial charge in [-0.3, -0.25) is 0 Å². The lowest BCUT2D eigenvalue weighted by molar-refractivity contribution is 0.168. The second kappa shape index (κ2) is 7.07. The first-order valence-corrected chi connectivity index (χ1v) is 7.32. The van der Waals surface area contributed by atoms with Crippen LogP contribution in [0.4, 0.5) is 0 Å². The summed E-state index contributed by atoms with van der Waals surface area (Å²) in [5.41, 5.74) is 2.00. The Balaban J connectivity index is 1.85. The van der Waals surface area contributed by atoms with Crippen LogP contribution >= 0.6 is 0 Å². The molecule has 1 saturated heterocycles. The molecule has 2 N–H and O–H groups in total. The summed E-state index contributed by atoms with van der Waals surface area (Å²) < 4.78 is 5.32. The van der Waals surface area contributed by atoms with E-state index in [0.717, 1.165) is 30.0 Å². The molecule has 0 spiro atoms. The topological polar surface area (TPSA) is 44.7 Å². The highest BCUT2D eigenvalue weighted by atomic mass is 16.5. The Bertz CT molecular complexity index is 436. The average molecular weight is 278 g/mol. The molecule has 0 aromatic heterocycles. The van der Waals surface area contributed by atoms with Gasteiger partial charge >= 0.3 is 0 Å². The lowest BCUT2D eigenvalue weighted by atomic mass is 10.0. The number of ether oxygens (including phenoxy) is 1. The maximum absolute atomic E-state index is 10.3. The Labute approximate surface area is 121 Å². The van der Waals surface area contributed by atoms with Gasteiger partial charge in [-0.15, -0.1) is 0 Å². The van der Waals surface area contributed by atoms with Gasteiger partial charge in [-0.05, 0) is 51.5 Å². The third kappa shape index (κ3) is 3.95. The van der Waals surface area contributed by atoms with Crippen molar-refractivity contribution in [2.45, 2.75) is 19.4 Å². The Morgan fingerprint density at radius 2 is 2.30 bits per heavy atom. The maximum atomic E-state index is 10.3. The summed E-state index contributed by atoms with van der Waals surface area (Å²) in [6.45, 7) is 5.89. The number of hydrogen-bond acceptors (Lipinski definition) is 4. The van der Waals surface area contributed by atoms with Crippen LogP contribution < -0.4 is 10.1 Å². The fourth-order valence-electron chi connectivity index (χ4n) is 2.84. The third-order valence-corrected chi connectivity index (χ3v) is 4.00. The molecule has 1 aromatic carbocycles. The zero-order chi connectivity index (χ0) is 14.5. The van der Waals surface area contributed by atoms with Crippen LogP contribution in [0.3, 0.4) is 0 Å². The summed E-state index contributed by atoms with van der Waals surface area (Å²) in [6.07, 6.45) is 0.719. The summed E-state index contributed by atoms with van der Waals surface area (Å²) >= 11 is 0. The van der Waals surface area contributed by atoms with Crippen LogP contribution in [-0.4, -0.2) is 50.3 Å². The Morgan fingerprint density at radius 3 is 2.95 bits per heavy atom. The van der Waals surface area contributed by atoms with E-state index in [1.54, 1.807) is 7.11 Å². The molecule has 20 heavy (non-hydrogen) atoms. The molecule has 0 amide bonds. The molecule has 112 valence electrons. The molecule has 1 aliphatic rings. The van der Waals surface area contributed by atoms with Crippen LogP contribution in [0.25, 0.3) is 0 Å². The highest BCUT2D eigenvalue weighted by molar-refractivity contribution is 5.38. The Kier molecular flexibility index (Phi) is 5.40. The first-order chi connectivity index (χ1) is 9.60. The van der Waals surface area contributed by atoms with E-state index in [-0.39, 0.29) is 0 Å². The molecule has 0 bridgehead atoms. The summed E-state index contributed by atoms with van der Waals surface area (Å²) in [4.78, 5) is 2.35. The van der Waals surface area contributed by atoms with Crippen LogP contribution in [-0.2, 0) is 0 Å². The maximum Gasteiger partial charge on any atom is 0.124 e. The first kappa shape index (κ1) is 15.3. The van der Waals surface area contributed by atoms with Gasteiger partial charge < -0.3 is 20.1 Å². The average Bonchev–Trinajstić information content (AvgIpc) is 2.84. The number of benzene rings is 1. The Hall–Kier alpha value is -1.10. The van der Waals surface area contributed by atoms with Gasteiger partial charge in [-0.1, -0.05) is 11.6 Å². The molecule has 0 aliphatic carbocycles. The van der Waals surface area contributed by atoms with Crippen molar-refractivity contribution in [1.82, 2.24) is 10.2 Å². The zero-order valence-corrected chi connectivity index (χ0v) is 12.7. The number of hydrogen-bond donors (Lipinski definition) is 2. The molecule has 0 radical (unpaired) electrons. The number of nitrogens with one attached hydrogen (secondary N) is 1. The van der Waals surface area contributed by atoms with Gasteiger partial charge in [-0.25, -0.2) is 0 Å². The van der Waals surface area contributed by atoms with Crippen molar-refractivity contribution in [3.05, 3.63) is 29.3 Å². The van der Waals surface area contributed by atoms with Crippen molar-refractivity contribution in [1.29, 1.82) is 0 Å². The standard InChI is InChI=1S/C16H26N2O2/c1-12-4-5-16(20-3)14(8-12)15(19)10-17-9-13-6-7-18(2)11-13/h4-5,8,13,15,17,19H,6-7,9-11H2,1-3H3. The summed E-state index contributed by atoms with van der Waals surface area (Å²) in [6, 6.07) is 5.91. The number of rotatable bonds is 6. The lowest BCUT2D eigenvalue weighted by Gasteiger charge is -2.18.